The molecule has 410 valence electrons. The molecule has 24 heteroatoms. The monoisotopic (exact) mass is 1050 g/mol. The first-order valence-corrected chi connectivity index (χ1v) is 23.8. The van der Waals surface area contributed by atoms with Crippen LogP contribution in [0.15, 0.2) is 83.2 Å². The van der Waals surface area contributed by atoms with Crippen molar-refractivity contribution in [1.82, 2.24) is 21.3 Å². The molecule has 1 unspecified atom stereocenters. The summed E-state index contributed by atoms with van der Waals surface area (Å²) in [6.07, 6.45) is 2.19. The zero-order valence-electron chi connectivity index (χ0n) is 42.2. The Morgan fingerprint density at radius 1 is 0.568 bits per heavy atom. The summed E-state index contributed by atoms with van der Waals surface area (Å²) in [5, 5.41) is 37.4. The summed E-state index contributed by atoms with van der Waals surface area (Å²) >= 11 is 0. The number of rotatable bonds is 15. The van der Waals surface area contributed by atoms with Crippen molar-refractivity contribution in [2.75, 3.05) is 81.3 Å². The summed E-state index contributed by atoms with van der Waals surface area (Å²) < 4.78 is 49.6. The number of ether oxygens (including phenoxy) is 10. The summed E-state index contributed by atoms with van der Waals surface area (Å²) in [6, 6.07) is 16.8. The van der Waals surface area contributed by atoms with Gasteiger partial charge in [0.15, 0.2) is 6.29 Å². The van der Waals surface area contributed by atoms with Gasteiger partial charge in [0.05, 0.1) is 53.5 Å². The molecule has 7 N–H and O–H groups in total. The number of carboxylic acid groups (broad SMARTS) is 2. The highest BCUT2D eigenvalue weighted by Gasteiger charge is 2.33. The Morgan fingerprint density at radius 2 is 1.00 bits per heavy atom. The number of aliphatic hydroxyl groups excluding tert-OH is 1. The first-order chi connectivity index (χ1) is 35.7. The van der Waals surface area contributed by atoms with Gasteiger partial charge < -0.3 is 73.3 Å². The number of benzene rings is 2. The molecule has 0 radical (unpaired) electrons. The largest absolute Gasteiger partial charge is 0.480 e. The van der Waals surface area contributed by atoms with Crippen LogP contribution in [0.3, 0.4) is 0 Å². The van der Waals surface area contributed by atoms with E-state index in [4.69, 9.17) is 48.1 Å². The molecule has 4 amide bonds. The Kier molecular flexibility index (Phi) is 29.4. The number of esters is 1. The van der Waals surface area contributed by atoms with Crippen molar-refractivity contribution in [3.05, 3.63) is 94.3 Å². The lowest BCUT2D eigenvalue weighted by Crippen LogP contribution is -2.48. The molecule has 0 aliphatic carbocycles. The molecule has 4 aliphatic rings. The van der Waals surface area contributed by atoms with Crippen LogP contribution in [-0.4, -0.2) is 157 Å². The second-order valence-electron chi connectivity index (χ2n) is 16.6. The quantitative estimate of drug-likeness (QED) is 0.0557. The van der Waals surface area contributed by atoms with Crippen LogP contribution in [-0.2, 0) is 75.0 Å². The van der Waals surface area contributed by atoms with Gasteiger partial charge in [-0.15, -0.1) is 0 Å². The smallest absolute Gasteiger partial charge is 0.412 e. The van der Waals surface area contributed by atoms with Crippen molar-refractivity contribution >= 4 is 42.3 Å². The van der Waals surface area contributed by atoms with Crippen molar-refractivity contribution in [3.8, 4) is 0 Å². The van der Waals surface area contributed by atoms with Crippen LogP contribution in [0, 0.1) is 11.8 Å². The predicted molar refractivity (Wildman–Crippen MR) is 260 cm³/mol. The normalized spacial score (nSPS) is 19.7. The summed E-state index contributed by atoms with van der Waals surface area (Å²) in [5.74, 6) is -3.09. The molecule has 2 aromatic carbocycles. The lowest BCUT2D eigenvalue weighted by atomic mass is 9.94. The topological polar surface area (TPSA) is 321 Å². The second-order valence-corrected chi connectivity index (χ2v) is 16.6. The minimum Gasteiger partial charge on any atom is -0.480 e. The molecule has 4 aliphatic heterocycles. The van der Waals surface area contributed by atoms with E-state index in [2.05, 4.69) is 30.7 Å². The highest BCUT2D eigenvalue weighted by atomic mass is 16.6. The minimum absolute atomic E-state index is 0.111. The Labute approximate surface area is 429 Å². The SMILES string of the molecule is COC(=O)/C(NC(=O)OCc1ccccc1)=C1/CCCOC1.COC(=O)N[C@H](C(=O)O)[C@@H]1CCCOC1.COC(=O)N[C@H](C(=O)O)[C@H]1CCCOC1.COC(O)/C(NC(=O)OCc1ccccc1)=C1\CCCOC1. The highest BCUT2D eigenvalue weighted by molar-refractivity contribution is 5.93. The van der Waals surface area contributed by atoms with Crippen molar-refractivity contribution in [2.24, 2.45) is 11.8 Å². The van der Waals surface area contributed by atoms with Gasteiger partial charge in [0.2, 0.25) is 0 Å². The Bertz CT molecular complexity index is 2050. The number of hydrogen-bond donors (Lipinski definition) is 7. The number of methoxy groups -OCH3 is 4. The van der Waals surface area contributed by atoms with E-state index in [0.717, 1.165) is 67.2 Å². The van der Waals surface area contributed by atoms with E-state index in [-0.39, 0.29) is 30.7 Å². The first-order valence-electron chi connectivity index (χ1n) is 23.8. The molecule has 0 bridgehead atoms. The number of carboxylic acids is 2. The van der Waals surface area contributed by atoms with E-state index in [1.54, 1.807) is 0 Å². The second kappa shape index (κ2) is 35.3. The zero-order chi connectivity index (χ0) is 54.1. The fraction of sp³-hybridized carbons (Fsp3) is 0.540. The highest BCUT2D eigenvalue weighted by Crippen LogP contribution is 2.21. The number of amides is 4. The molecule has 74 heavy (non-hydrogen) atoms. The molecular weight excluding hydrogens is 977 g/mol. The van der Waals surface area contributed by atoms with Gasteiger partial charge in [0, 0.05) is 45.4 Å². The summed E-state index contributed by atoms with van der Waals surface area (Å²) in [5.41, 5.74) is 3.71. The summed E-state index contributed by atoms with van der Waals surface area (Å²) in [7, 11) is 5.03. The molecule has 24 nitrogen and oxygen atoms in total. The third-order valence-electron chi connectivity index (χ3n) is 11.4. The lowest BCUT2D eigenvalue weighted by molar-refractivity contribution is -0.143. The molecular formula is C50H70N4O20. The van der Waals surface area contributed by atoms with Crippen molar-refractivity contribution in [3.63, 3.8) is 0 Å². The standard InChI is InChI=1S/C16H21NO5.C16H19NO5.2C9H15NO5/c2*1-20-15(18)14(13-8-5-9-21-11-13)17-16(19)22-10-12-6-3-2-4-7-12;2*1-14-9(13)10-7(8(11)12)6-3-2-4-15-5-6/h2-4,6-7,15,18H,5,8-11H2,1H3,(H,17,19);2-4,6-7H,5,8-11H2,1H3,(H,17,19);2*6-7H,2-5H2,1H3,(H,10,13)(H,11,12)/b14-13-;14-13+;;/t;;6-,7+;6-,7-/m..10/s1. The third-order valence-corrected chi connectivity index (χ3v) is 11.4. The van der Waals surface area contributed by atoms with E-state index < -0.39 is 60.7 Å². The van der Waals surface area contributed by atoms with Crippen LogP contribution in [0.2, 0.25) is 0 Å². The average Bonchev–Trinajstić information content (AvgIpc) is 3.44. The van der Waals surface area contributed by atoms with Gasteiger partial charge in [-0.05, 0) is 73.6 Å². The number of alkyl carbamates (subject to hydrolysis) is 4. The third kappa shape index (κ3) is 23.4. The molecule has 2 aromatic rings. The maximum Gasteiger partial charge on any atom is 0.412 e. The van der Waals surface area contributed by atoms with Crippen molar-refractivity contribution in [2.45, 2.75) is 83.0 Å². The maximum absolute atomic E-state index is 11.9. The number of hydrogen-bond acceptors (Lipinski definition) is 18. The van der Waals surface area contributed by atoms with Crippen molar-refractivity contribution in [1.29, 1.82) is 0 Å². The summed E-state index contributed by atoms with van der Waals surface area (Å²) in [4.78, 5) is 79.3. The van der Waals surface area contributed by atoms with Gasteiger partial charge in [-0.2, -0.15) is 0 Å². The molecule has 4 saturated heterocycles. The number of aliphatic hydroxyl groups is 1. The molecule has 0 aromatic heterocycles. The Balaban J connectivity index is 0.000000265. The van der Waals surface area contributed by atoms with Crippen LogP contribution < -0.4 is 21.3 Å². The van der Waals surface area contributed by atoms with E-state index >= 15 is 0 Å². The lowest BCUT2D eigenvalue weighted by Gasteiger charge is -2.27. The fourth-order valence-electron chi connectivity index (χ4n) is 7.47. The zero-order valence-corrected chi connectivity index (χ0v) is 42.2. The molecule has 6 rings (SSSR count). The van der Waals surface area contributed by atoms with Gasteiger partial charge in [-0.25, -0.2) is 33.6 Å². The number of carbonyl (C=O) groups is 7. The van der Waals surface area contributed by atoms with Gasteiger partial charge >= 0.3 is 42.3 Å². The van der Waals surface area contributed by atoms with Crippen molar-refractivity contribution < 1.29 is 96.2 Å². The fourth-order valence-corrected chi connectivity index (χ4v) is 7.47. The molecule has 4 heterocycles. The maximum atomic E-state index is 11.9. The number of nitrogens with one attached hydrogen (secondary N) is 4. The van der Waals surface area contributed by atoms with Crippen LogP contribution in [0.25, 0.3) is 0 Å². The molecule has 5 atom stereocenters. The van der Waals surface area contributed by atoms with Gasteiger partial charge in [-0.1, -0.05) is 60.7 Å². The Hall–Kier alpha value is -6.83. The molecule has 0 spiro atoms. The van der Waals surface area contributed by atoms with Gasteiger partial charge in [0.1, 0.15) is 31.0 Å². The van der Waals surface area contributed by atoms with Gasteiger partial charge in [0.25, 0.3) is 0 Å². The predicted octanol–water partition coefficient (Wildman–Crippen LogP) is 4.54. The van der Waals surface area contributed by atoms with E-state index in [1.165, 1.54) is 28.4 Å². The summed E-state index contributed by atoms with van der Waals surface area (Å²) in [6.45, 7) is 4.33. The van der Waals surface area contributed by atoms with Crippen LogP contribution >= 0.6 is 0 Å². The number of carbonyl (C=O) groups excluding carboxylic acids is 5. The van der Waals surface area contributed by atoms with Crippen LogP contribution in [0.5, 0.6) is 0 Å². The average molecular weight is 1050 g/mol. The van der Waals surface area contributed by atoms with E-state index in [9.17, 15) is 38.7 Å². The molecule has 0 saturated carbocycles. The Morgan fingerprint density at radius 3 is 1.36 bits per heavy atom. The number of aliphatic carboxylic acids is 2. The van der Waals surface area contributed by atoms with Crippen LogP contribution in [0.1, 0.15) is 62.5 Å². The van der Waals surface area contributed by atoms with Gasteiger partial charge in [-0.3, -0.25) is 10.6 Å². The minimum atomic E-state index is -1.21. The van der Waals surface area contributed by atoms with E-state index in [1.807, 2.05) is 60.7 Å². The van der Waals surface area contributed by atoms with Crippen LogP contribution in [0.4, 0.5) is 19.2 Å². The first kappa shape index (κ1) is 61.5. The molecule has 4 fully saturated rings. The van der Waals surface area contributed by atoms with E-state index in [0.29, 0.717) is 65.0 Å².